The fourth-order valence-electron chi connectivity index (χ4n) is 5.21. The van der Waals surface area contributed by atoms with E-state index in [0.717, 1.165) is 24.6 Å². The van der Waals surface area contributed by atoms with Crippen LogP contribution in [0.2, 0.25) is 0 Å². The normalized spacial score (nSPS) is 26.7. The van der Waals surface area contributed by atoms with Gasteiger partial charge in [-0.05, 0) is 42.2 Å². The Labute approximate surface area is 153 Å². The van der Waals surface area contributed by atoms with Crippen molar-refractivity contribution >= 4 is 28.4 Å². The minimum absolute atomic E-state index is 0.114. The van der Waals surface area contributed by atoms with Gasteiger partial charge in [0.05, 0.1) is 11.2 Å². The molecule has 1 aromatic carbocycles. The molecule has 1 N–H and O–H groups in total. The van der Waals surface area contributed by atoms with Crippen LogP contribution < -0.4 is 5.32 Å². The highest BCUT2D eigenvalue weighted by Crippen LogP contribution is 2.52. The van der Waals surface area contributed by atoms with E-state index in [-0.39, 0.29) is 16.9 Å². The molecular weight excluding hydrogens is 326 g/mol. The van der Waals surface area contributed by atoms with E-state index in [4.69, 9.17) is 0 Å². The van der Waals surface area contributed by atoms with Crippen LogP contribution in [0, 0.1) is 10.8 Å². The van der Waals surface area contributed by atoms with Crippen molar-refractivity contribution in [3.63, 3.8) is 0 Å². The first-order valence-electron chi connectivity index (χ1n) is 9.22. The average Bonchev–Trinajstić information content (AvgIpc) is 2.83. The summed E-state index contributed by atoms with van der Waals surface area (Å²) < 4.78 is 0. The third kappa shape index (κ3) is 2.96. The zero-order valence-corrected chi connectivity index (χ0v) is 15.6. The van der Waals surface area contributed by atoms with E-state index in [9.17, 15) is 9.59 Å². The van der Waals surface area contributed by atoms with E-state index in [2.05, 4.69) is 31.1 Å². The molecule has 2 unspecified atom stereocenters. The number of anilines is 1. The van der Waals surface area contributed by atoms with E-state index < -0.39 is 11.8 Å². The summed E-state index contributed by atoms with van der Waals surface area (Å²) in [6.45, 7) is 7.42. The number of fused-ring (bicyclic) bond motifs is 3. The molecule has 136 valence electrons. The fourth-order valence-corrected chi connectivity index (χ4v) is 5.21. The molecule has 0 radical (unpaired) electrons. The number of nitrogens with zero attached hydrogens (tertiary/aromatic N) is 2. The minimum Gasteiger partial charge on any atom is -0.331 e. The van der Waals surface area contributed by atoms with Crippen molar-refractivity contribution in [2.75, 3.05) is 11.9 Å². The Morgan fingerprint density at radius 2 is 1.92 bits per heavy atom. The second-order valence-corrected chi connectivity index (χ2v) is 8.98. The summed E-state index contributed by atoms with van der Waals surface area (Å²) >= 11 is 0. The predicted molar refractivity (Wildman–Crippen MR) is 102 cm³/mol. The topological polar surface area (TPSA) is 62.3 Å². The van der Waals surface area contributed by atoms with Crippen LogP contribution in [0.25, 0.3) is 10.9 Å². The number of hydrogen-bond acceptors (Lipinski definition) is 3. The molecule has 1 aromatic heterocycles. The Kier molecular flexibility index (Phi) is 3.79. The molecule has 5 heteroatoms. The standard InChI is InChI=1S/C21H25N3O2/c1-20(2)10-15-11-21(3,12-20)13-24(15)19(26)18(25)23-16-8-4-6-14-7-5-9-22-17(14)16/h4-9,15H,10-13H2,1-3H3,(H,23,25). The lowest BCUT2D eigenvalue weighted by Crippen LogP contribution is -2.43. The van der Waals surface area contributed by atoms with Crippen molar-refractivity contribution in [2.24, 2.45) is 10.8 Å². The lowest BCUT2D eigenvalue weighted by Gasteiger charge is -2.39. The number of rotatable bonds is 1. The van der Waals surface area contributed by atoms with Crippen LogP contribution in [0.5, 0.6) is 0 Å². The van der Waals surface area contributed by atoms with Gasteiger partial charge in [-0.25, -0.2) is 0 Å². The van der Waals surface area contributed by atoms with Gasteiger partial charge in [0.15, 0.2) is 0 Å². The molecule has 0 spiro atoms. The summed E-state index contributed by atoms with van der Waals surface area (Å²) in [5.74, 6) is -0.999. The lowest BCUT2D eigenvalue weighted by atomic mass is 9.65. The monoisotopic (exact) mass is 351 g/mol. The van der Waals surface area contributed by atoms with Gasteiger partial charge in [-0.1, -0.05) is 39.0 Å². The number of benzene rings is 1. The number of hydrogen-bond donors (Lipinski definition) is 1. The number of amides is 2. The highest BCUT2D eigenvalue weighted by molar-refractivity contribution is 6.40. The highest BCUT2D eigenvalue weighted by atomic mass is 16.2. The van der Waals surface area contributed by atoms with Gasteiger partial charge in [-0.3, -0.25) is 14.6 Å². The number of para-hydroxylation sites is 1. The van der Waals surface area contributed by atoms with Crippen LogP contribution in [0.4, 0.5) is 5.69 Å². The molecule has 5 nitrogen and oxygen atoms in total. The van der Waals surface area contributed by atoms with E-state index in [1.165, 1.54) is 0 Å². The zero-order valence-electron chi connectivity index (χ0n) is 15.6. The van der Waals surface area contributed by atoms with Crippen molar-refractivity contribution in [3.8, 4) is 0 Å². The minimum atomic E-state index is -0.572. The molecule has 2 fully saturated rings. The summed E-state index contributed by atoms with van der Waals surface area (Å²) in [4.78, 5) is 31.7. The fraction of sp³-hybridized carbons (Fsp3) is 0.476. The first-order chi connectivity index (χ1) is 12.3. The van der Waals surface area contributed by atoms with E-state index >= 15 is 0 Å². The van der Waals surface area contributed by atoms with Gasteiger partial charge < -0.3 is 10.2 Å². The van der Waals surface area contributed by atoms with Crippen LogP contribution >= 0.6 is 0 Å². The SMILES string of the molecule is CC1(C)CC2CC(C)(CN2C(=O)C(=O)Nc2cccc3cccnc23)C1. The molecule has 2 bridgehead atoms. The molecule has 2 amide bonds. The number of nitrogens with one attached hydrogen (secondary N) is 1. The van der Waals surface area contributed by atoms with Crippen LogP contribution in [0.3, 0.4) is 0 Å². The maximum absolute atomic E-state index is 12.9. The number of carbonyl (C=O) groups is 2. The summed E-state index contributed by atoms with van der Waals surface area (Å²) in [5, 5.41) is 3.72. The molecule has 2 heterocycles. The average molecular weight is 351 g/mol. The van der Waals surface area contributed by atoms with Gasteiger partial charge in [0, 0.05) is 24.2 Å². The molecule has 2 aliphatic rings. The highest BCUT2D eigenvalue weighted by Gasteiger charge is 2.51. The third-order valence-electron chi connectivity index (χ3n) is 5.75. The second kappa shape index (κ2) is 5.79. The molecule has 1 saturated carbocycles. The van der Waals surface area contributed by atoms with Crippen LogP contribution in [0.1, 0.15) is 40.0 Å². The Morgan fingerprint density at radius 1 is 1.15 bits per heavy atom. The predicted octanol–water partition coefficient (Wildman–Crippen LogP) is 3.60. The van der Waals surface area contributed by atoms with Gasteiger partial charge in [-0.2, -0.15) is 0 Å². The Bertz CT molecular complexity index is 886. The molecule has 4 rings (SSSR count). The van der Waals surface area contributed by atoms with Crippen LogP contribution in [-0.4, -0.2) is 34.3 Å². The van der Waals surface area contributed by atoms with Gasteiger partial charge >= 0.3 is 11.8 Å². The molecule has 2 aromatic rings. The Balaban J connectivity index is 1.55. The van der Waals surface area contributed by atoms with Gasteiger partial charge in [0.2, 0.25) is 0 Å². The van der Waals surface area contributed by atoms with Crippen molar-refractivity contribution in [3.05, 3.63) is 36.5 Å². The summed E-state index contributed by atoms with van der Waals surface area (Å²) in [7, 11) is 0. The largest absolute Gasteiger partial charge is 0.331 e. The molecular formula is C21H25N3O2. The molecule has 2 atom stereocenters. The summed E-state index contributed by atoms with van der Waals surface area (Å²) in [5.41, 5.74) is 1.60. The van der Waals surface area contributed by atoms with E-state index in [1.807, 2.05) is 24.3 Å². The second-order valence-electron chi connectivity index (χ2n) is 8.98. The number of pyridine rings is 1. The molecule has 26 heavy (non-hydrogen) atoms. The smallest absolute Gasteiger partial charge is 0.313 e. The van der Waals surface area contributed by atoms with Gasteiger partial charge in [0.1, 0.15) is 0 Å². The van der Waals surface area contributed by atoms with Crippen LogP contribution in [0.15, 0.2) is 36.5 Å². The van der Waals surface area contributed by atoms with Crippen LogP contribution in [-0.2, 0) is 9.59 Å². The van der Waals surface area contributed by atoms with E-state index in [0.29, 0.717) is 17.7 Å². The maximum Gasteiger partial charge on any atom is 0.313 e. The molecule has 1 saturated heterocycles. The Hall–Kier alpha value is -2.43. The van der Waals surface area contributed by atoms with Crippen molar-refractivity contribution < 1.29 is 9.59 Å². The zero-order chi connectivity index (χ0) is 18.5. The lowest BCUT2D eigenvalue weighted by molar-refractivity contribution is -0.144. The summed E-state index contributed by atoms with van der Waals surface area (Å²) in [6.07, 6.45) is 4.73. The summed E-state index contributed by atoms with van der Waals surface area (Å²) in [6, 6.07) is 9.53. The van der Waals surface area contributed by atoms with E-state index in [1.54, 1.807) is 17.2 Å². The quantitative estimate of drug-likeness (QED) is 0.799. The third-order valence-corrected chi connectivity index (χ3v) is 5.75. The first kappa shape index (κ1) is 17.0. The van der Waals surface area contributed by atoms with Gasteiger partial charge in [-0.15, -0.1) is 0 Å². The molecule has 1 aliphatic heterocycles. The van der Waals surface area contributed by atoms with Crippen molar-refractivity contribution in [2.45, 2.75) is 46.1 Å². The molecule has 1 aliphatic carbocycles. The Morgan fingerprint density at radius 3 is 2.73 bits per heavy atom. The number of aromatic nitrogens is 1. The van der Waals surface area contributed by atoms with Crippen molar-refractivity contribution in [1.82, 2.24) is 9.88 Å². The number of carbonyl (C=O) groups excluding carboxylic acids is 2. The van der Waals surface area contributed by atoms with Gasteiger partial charge in [0.25, 0.3) is 0 Å². The van der Waals surface area contributed by atoms with Crippen molar-refractivity contribution in [1.29, 1.82) is 0 Å². The maximum atomic E-state index is 12.9. The first-order valence-corrected chi connectivity index (χ1v) is 9.22. The number of likely N-dealkylation sites (tertiary alicyclic amines) is 1.